The Hall–Kier alpha value is -3.63. The Morgan fingerprint density at radius 1 is 0.839 bits per heavy atom. The third-order valence-corrected chi connectivity index (χ3v) is 4.52. The Morgan fingerprint density at radius 3 is 2.29 bits per heavy atom. The average molecular weight is 437 g/mol. The maximum atomic E-state index is 13.7. The van der Waals surface area contributed by atoms with Crippen molar-refractivity contribution in [2.75, 3.05) is 5.32 Å². The van der Waals surface area contributed by atoms with Crippen molar-refractivity contribution in [2.24, 2.45) is 0 Å². The predicted molar refractivity (Wildman–Crippen MR) is 101 cm³/mol. The van der Waals surface area contributed by atoms with Gasteiger partial charge in [-0.1, -0.05) is 30.3 Å². The minimum atomic E-state index is -5.04. The summed E-state index contributed by atoms with van der Waals surface area (Å²) in [6, 6.07) is 9.33. The van der Waals surface area contributed by atoms with Gasteiger partial charge in [-0.25, -0.2) is 9.97 Å². The van der Waals surface area contributed by atoms with Crippen LogP contribution in [0.15, 0.2) is 67.1 Å². The van der Waals surface area contributed by atoms with E-state index in [1.165, 1.54) is 23.2 Å². The maximum Gasteiger partial charge on any atom is 0.416 e. The minimum absolute atomic E-state index is 0.205. The number of hydrogen-bond donors (Lipinski definition) is 1. The molecule has 0 aliphatic heterocycles. The fourth-order valence-electron chi connectivity index (χ4n) is 3.17. The molecule has 2 heterocycles. The number of nitrogens with one attached hydrogen (secondary N) is 1. The molecule has 0 saturated carbocycles. The van der Waals surface area contributed by atoms with Crippen LogP contribution in [-0.2, 0) is 6.18 Å². The highest BCUT2D eigenvalue weighted by atomic mass is 19.4. The van der Waals surface area contributed by atoms with Gasteiger partial charge < -0.3 is 5.32 Å². The van der Waals surface area contributed by atoms with Crippen LogP contribution in [-0.4, -0.2) is 25.7 Å². The lowest BCUT2D eigenvalue weighted by Gasteiger charge is -2.25. The number of hydrogen-bond acceptors (Lipinski definition) is 4. The van der Waals surface area contributed by atoms with Gasteiger partial charge >= 0.3 is 12.4 Å². The van der Waals surface area contributed by atoms with E-state index < -0.39 is 35.5 Å². The number of rotatable bonds is 4. The Bertz CT molecular complexity index is 1210. The topological polar surface area (TPSA) is 55.6 Å². The molecule has 11 heteroatoms. The number of alkyl halides is 6. The predicted octanol–water partition coefficient (Wildman–Crippen LogP) is 5.55. The molecule has 0 bridgehead atoms. The van der Waals surface area contributed by atoms with Crippen molar-refractivity contribution >= 4 is 17.0 Å². The normalized spacial score (nSPS) is 13.4. The monoisotopic (exact) mass is 437 g/mol. The van der Waals surface area contributed by atoms with Gasteiger partial charge in [-0.3, -0.25) is 4.57 Å². The molecule has 0 fully saturated rings. The summed E-state index contributed by atoms with van der Waals surface area (Å²) >= 11 is 0. The molecule has 2 aromatic heterocycles. The average Bonchev–Trinajstić information content (AvgIpc) is 3.15. The Labute approximate surface area is 171 Å². The third kappa shape index (κ3) is 4.16. The number of benzene rings is 2. The van der Waals surface area contributed by atoms with Crippen LogP contribution in [0, 0.1) is 0 Å². The van der Waals surface area contributed by atoms with Crippen LogP contribution in [0.4, 0.5) is 32.3 Å². The van der Waals surface area contributed by atoms with E-state index >= 15 is 0 Å². The van der Waals surface area contributed by atoms with E-state index in [-0.39, 0.29) is 5.82 Å². The molecule has 2 aromatic carbocycles. The molecule has 0 amide bonds. The quantitative estimate of drug-likeness (QED) is 0.426. The molecule has 31 heavy (non-hydrogen) atoms. The molecule has 0 aliphatic rings. The number of fused-ring (bicyclic) bond motifs is 1. The van der Waals surface area contributed by atoms with E-state index in [0.29, 0.717) is 17.1 Å². The lowest BCUT2D eigenvalue weighted by Crippen LogP contribution is -2.31. The number of halogens is 6. The highest BCUT2D eigenvalue weighted by Crippen LogP contribution is 2.41. The second-order valence-corrected chi connectivity index (χ2v) is 6.55. The van der Waals surface area contributed by atoms with Crippen molar-refractivity contribution in [3.63, 3.8) is 0 Å². The maximum absolute atomic E-state index is 13.7. The fraction of sp³-hybridized carbons (Fsp3) is 0.150. The molecule has 1 unspecified atom stereocenters. The van der Waals surface area contributed by atoms with Crippen LogP contribution in [0.2, 0.25) is 0 Å². The van der Waals surface area contributed by atoms with Gasteiger partial charge in [-0.15, -0.1) is 0 Å². The summed E-state index contributed by atoms with van der Waals surface area (Å²) < 4.78 is 82.7. The van der Waals surface area contributed by atoms with Gasteiger partial charge in [0.2, 0.25) is 5.95 Å². The molecule has 160 valence electrons. The minimum Gasteiger partial charge on any atom is -0.339 e. The molecule has 0 saturated heterocycles. The second kappa shape index (κ2) is 7.56. The number of anilines is 1. The summed E-state index contributed by atoms with van der Waals surface area (Å²) in [6.07, 6.45) is -7.35. The van der Waals surface area contributed by atoms with Gasteiger partial charge in [0.15, 0.2) is 6.04 Å². The number of para-hydroxylation sites is 2. The molecular weight excluding hydrogens is 424 g/mol. The van der Waals surface area contributed by atoms with Crippen LogP contribution in [0.1, 0.15) is 17.2 Å². The zero-order chi connectivity index (χ0) is 22.2. The highest BCUT2D eigenvalue weighted by molar-refractivity contribution is 5.76. The standard InChI is InChI=1S/C20H13F6N5/c21-19(22,23)13-6-2-1-5-12(13)17(20(24,25)26)30-18-27-10-9-16(29-18)31-11-28-14-7-3-4-8-15(14)31/h1-11,17H,(H,27,29,30). The summed E-state index contributed by atoms with van der Waals surface area (Å²) in [5, 5.41) is 2.02. The van der Waals surface area contributed by atoms with Gasteiger partial charge in [0.1, 0.15) is 12.1 Å². The summed E-state index contributed by atoms with van der Waals surface area (Å²) in [4.78, 5) is 12.0. The number of imidazole rings is 1. The van der Waals surface area contributed by atoms with Crippen molar-refractivity contribution in [3.05, 3.63) is 78.2 Å². The number of nitrogens with zero attached hydrogens (tertiary/aromatic N) is 4. The molecule has 0 spiro atoms. The van der Waals surface area contributed by atoms with Crippen LogP contribution in [0.5, 0.6) is 0 Å². The van der Waals surface area contributed by atoms with Gasteiger partial charge in [0, 0.05) is 6.20 Å². The molecule has 1 atom stereocenters. The first-order chi connectivity index (χ1) is 14.6. The van der Waals surface area contributed by atoms with Crippen LogP contribution in [0.25, 0.3) is 16.9 Å². The molecular formula is C20H13F6N5. The summed E-state index contributed by atoms with van der Waals surface area (Å²) in [6.45, 7) is 0. The number of aromatic nitrogens is 4. The Balaban J connectivity index is 1.74. The van der Waals surface area contributed by atoms with E-state index in [9.17, 15) is 26.3 Å². The van der Waals surface area contributed by atoms with Crippen LogP contribution in [0.3, 0.4) is 0 Å². The Kier molecular flexibility index (Phi) is 5.03. The van der Waals surface area contributed by atoms with Crippen molar-refractivity contribution in [2.45, 2.75) is 18.4 Å². The first kappa shape index (κ1) is 20.6. The van der Waals surface area contributed by atoms with Crippen molar-refractivity contribution in [3.8, 4) is 5.82 Å². The lowest BCUT2D eigenvalue weighted by molar-refractivity contribution is -0.151. The largest absolute Gasteiger partial charge is 0.416 e. The SMILES string of the molecule is FC(F)(F)c1ccccc1C(Nc1nccc(-n2cnc3ccccc32)n1)C(F)(F)F. The van der Waals surface area contributed by atoms with Gasteiger partial charge in [-0.2, -0.15) is 31.3 Å². The Morgan fingerprint density at radius 2 is 1.55 bits per heavy atom. The summed E-state index contributed by atoms with van der Waals surface area (Å²) in [5.74, 6) is -0.272. The van der Waals surface area contributed by atoms with Gasteiger partial charge in [-0.05, 0) is 29.8 Å². The van der Waals surface area contributed by atoms with E-state index in [1.807, 2.05) is 5.32 Å². The molecule has 5 nitrogen and oxygen atoms in total. The first-order valence-corrected chi connectivity index (χ1v) is 8.89. The van der Waals surface area contributed by atoms with E-state index in [0.717, 1.165) is 18.2 Å². The third-order valence-electron chi connectivity index (χ3n) is 4.52. The van der Waals surface area contributed by atoms with E-state index in [1.54, 1.807) is 24.3 Å². The highest BCUT2D eigenvalue weighted by Gasteiger charge is 2.46. The fourth-order valence-corrected chi connectivity index (χ4v) is 3.17. The smallest absolute Gasteiger partial charge is 0.339 e. The first-order valence-electron chi connectivity index (χ1n) is 8.89. The van der Waals surface area contributed by atoms with Crippen molar-refractivity contribution in [1.29, 1.82) is 0 Å². The van der Waals surface area contributed by atoms with E-state index in [2.05, 4.69) is 15.0 Å². The van der Waals surface area contributed by atoms with Crippen LogP contribution >= 0.6 is 0 Å². The second-order valence-electron chi connectivity index (χ2n) is 6.55. The van der Waals surface area contributed by atoms with Gasteiger partial charge in [0.05, 0.1) is 16.6 Å². The van der Waals surface area contributed by atoms with Crippen LogP contribution < -0.4 is 5.32 Å². The van der Waals surface area contributed by atoms with Crippen molar-refractivity contribution in [1.82, 2.24) is 19.5 Å². The van der Waals surface area contributed by atoms with Gasteiger partial charge in [0.25, 0.3) is 0 Å². The summed E-state index contributed by atoms with van der Waals surface area (Å²) in [5.41, 5.74) is -1.06. The van der Waals surface area contributed by atoms with Crippen molar-refractivity contribution < 1.29 is 26.3 Å². The lowest BCUT2D eigenvalue weighted by atomic mass is 9.99. The molecule has 4 rings (SSSR count). The zero-order valence-electron chi connectivity index (χ0n) is 15.5. The molecule has 1 N–H and O–H groups in total. The summed E-state index contributed by atoms with van der Waals surface area (Å²) in [7, 11) is 0. The van der Waals surface area contributed by atoms with E-state index in [4.69, 9.17) is 0 Å². The molecule has 0 aliphatic carbocycles. The molecule has 0 radical (unpaired) electrons. The zero-order valence-corrected chi connectivity index (χ0v) is 15.5. The molecule has 4 aromatic rings.